The Morgan fingerprint density at radius 1 is 0.964 bits per heavy atom. The van der Waals surface area contributed by atoms with E-state index in [1.54, 1.807) is 42.5 Å². The highest BCUT2D eigenvalue weighted by Crippen LogP contribution is 2.29. The molecule has 138 valence electrons. The van der Waals surface area contributed by atoms with Crippen LogP contribution in [0, 0.1) is 6.92 Å². The van der Waals surface area contributed by atoms with E-state index in [4.69, 9.17) is 9.15 Å². The van der Waals surface area contributed by atoms with Crippen molar-refractivity contribution < 1.29 is 13.9 Å². The summed E-state index contributed by atoms with van der Waals surface area (Å²) in [7, 11) is 0. The first-order chi connectivity index (χ1) is 13.5. The zero-order valence-corrected chi connectivity index (χ0v) is 16.5. The Hall–Kier alpha value is -3.18. The molecule has 28 heavy (non-hydrogen) atoms. The summed E-state index contributed by atoms with van der Waals surface area (Å²) >= 11 is 3.33. The van der Waals surface area contributed by atoms with E-state index in [9.17, 15) is 9.59 Å². The van der Waals surface area contributed by atoms with Crippen LogP contribution in [-0.2, 0) is 0 Å². The third kappa shape index (κ3) is 3.49. The van der Waals surface area contributed by atoms with E-state index in [0.29, 0.717) is 22.5 Å². The molecule has 0 amide bonds. The number of halogens is 1. The Bertz CT molecular complexity index is 1230. The lowest BCUT2D eigenvalue weighted by molar-refractivity contribution is 0.0735. The van der Waals surface area contributed by atoms with Crippen molar-refractivity contribution in [2.75, 3.05) is 0 Å². The molecule has 0 spiro atoms. The molecule has 0 aliphatic carbocycles. The second-order valence-corrected chi connectivity index (χ2v) is 7.23. The molecule has 0 bridgehead atoms. The van der Waals surface area contributed by atoms with Crippen LogP contribution < -0.4 is 10.4 Å². The van der Waals surface area contributed by atoms with E-state index < -0.39 is 11.6 Å². The predicted molar refractivity (Wildman–Crippen MR) is 112 cm³/mol. The minimum Gasteiger partial charge on any atom is -0.423 e. The minimum absolute atomic E-state index is 0.315. The second-order valence-electron chi connectivity index (χ2n) is 6.31. The number of hydrogen-bond acceptors (Lipinski definition) is 4. The fourth-order valence-electron chi connectivity index (χ4n) is 3.09. The van der Waals surface area contributed by atoms with Crippen LogP contribution in [0.4, 0.5) is 0 Å². The Kier molecular flexibility index (Phi) is 4.84. The molecule has 4 rings (SSSR count). The van der Waals surface area contributed by atoms with E-state index in [-0.39, 0.29) is 0 Å². The first-order valence-corrected chi connectivity index (χ1v) is 9.43. The average molecular weight is 435 g/mol. The van der Waals surface area contributed by atoms with Crippen LogP contribution in [-0.4, -0.2) is 5.97 Å². The third-order valence-corrected chi connectivity index (χ3v) is 5.02. The van der Waals surface area contributed by atoms with E-state index in [1.165, 1.54) is 0 Å². The average Bonchev–Trinajstić information content (AvgIpc) is 2.69. The number of benzene rings is 3. The molecule has 0 aliphatic rings. The molecule has 0 saturated carbocycles. The molecule has 4 aromatic rings. The highest BCUT2D eigenvalue weighted by Gasteiger charge is 2.15. The first-order valence-electron chi connectivity index (χ1n) is 8.63. The van der Waals surface area contributed by atoms with Gasteiger partial charge in [0.2, 0.25) is 0 Å². The Labute approximate surface area is 169 Å². The quantitative estimate of drug-likeness (QED) is 0.234. The number of ether oxygens (including phenoxy) is 1. The van der Waals surface area contributed by atoms with Crippen LogP contribution in [0.1, 0.15) is 15.9 Å². The number of fused-ring (bicyclic) bond motifs is 1. The zero-order valence-electron chi connectivity index (χ0n) is 14.9. The molecule has 3 aromatic carbocycles. The van der Waals surface area contributed by atoms with Crippen LogP contribution in [0.3, 0.4) is 0 Å². The van der Waals surface area contributed by atoms with Crippen molar-refractivity contribution in [3.63, 3.8) is 0 Å². The molecule has 0 unspecified atom stereocenters. The fraction of sp³-hybridized carbons (Fsp3) is 0.0435. The minimum atomic E-state index is -0.480. The van der Waals surface area contributed by atoms with Crippen LogP contribution >= 0.6 is 15.9 Å². The van der Waals surface area contributed by atoms with E-state index >= 15 is 0 Å². The van der Waals surface area contributed by atoms with Gasteiger partial charge < -0.3 is 9.15 Å². The molecular weight excluding hydrogens is 420 g/mol. The van der Waals surface area contributed by atoms with Crippen LogP contribution in [0.25, 0.3) is 22.1 Å². The van der Waals surface area contributed by atoms with Gasteiger partial charge in [-0.3, -0.25) is 0 Å². The Balaban J connectivity index is 1.71. The van der Waals surface area contributed by atoms with Crippen molar-refractivity contribution in [1.29, 1.82) is 0 Å². The number of aryl methyl sites for hydroxylation is 1. The highest BCUT2D eigenvalue weighted by atomic mass is 79.9. The van der Waals surface area contributed by atoms with Crippen LogP contribution in [0.15, 0.2) is 86.5 Å². The number of rotatable bonds is 3. The molecule has 0 radical (unpaired) electrons. The molecule has 5 heteroatoms. The standard InChI is InChI=1S/C23H15BrO4/c1-14-19-12-11-18(27-22(25)16-7-9-17(24)10-8-16)13-20(19)28-23(26)21(14)15-5-3-2-4-6-15/h2-13H,1H3. The Morgan fingerprint density at radius 3 is 2.39 bits per heavy atom. The summed E-state index contributed by atoms with van der Waals surface area (Å²) in [6, 6.07) is 21.3. The number of carbonyl (C=O) groups is 1. The summed E-state index contributed by atoms with van der Waals surface area (Å²) < 4.78 is 11.8. The molecule has 1 heterocycles. The second kappa shape index (κ2) is 7.44. The largest absolute Gasteiger partial charge is 0.423 e. The smallest absolute Gasteiger partial charge is 0.344 e. The van der Waals surface area contributed by atoms with Gasteiger partial charge in [-0.2, -0.15) is 0 Å². The number of hydrogen-bond donors (Lipinski definition) is 0. The summed E-state index contributed by atoms with van der Waals surface area (Å²) in [6.45, 7) is 1.88. The maximum absolute atomic E-state index is 12.6. The van der Waals surface area contributed by atoms with Gasteiger partial charge in [0, 0.05) is 15.9 Å². The van der Waals surface area contributed by atoms with E-state index in [0.717, 1.165) is 21.0 Å². The molecule has 0 fully saturated rings. The van der Waals surface area contributed by atoms with Crippen LogP contribution in [0.5, 0.6) is 5.75 Å². The molecule has 1 aromatic heterocycles. The van der Waals surface area contributed by atoms with Gasteiger partial charge in [-0.25, -0.2) is 9.59 Å². The van der Waals surface area contributed by atoms with Crippen molar-refractivity contribution in [3.8, 4) is 16.9 Å². The molecule has 0 N–H and O–H groups in total. The summed E-state index contributed by atoms with van der Waals surface area (Å²) in [5, 5.41) is 0.793. The van der Waals surface area contributed by atoms with Gasteiger partial charge in [0.05, 0.1) is 11.1 Å². The third-order valence-electron chi connectivity index (χ3n) is 4.49. The van der Waals surface area contributed by atoms with E-state index in [2.05, 4.69) is 15.9 Å². The summed E-state index contributed by atoms with van der Waals surface area (Å²) in [5.74, 6) is -0.165. The lowest BCUT2D eigenvalue weighted by Crippen LogP contribution is -2.09. The first kappa shape index (κ1) is 18.2. The Morgan fingerprint density at radius 2 is 1.68 bits per heavy atom. The summed E-state index contributed by atoms with van der Waals surface area (Å²) in [6.07, 6.45) is 0. The maximum Gasteiger partial charge on any atom is 0.344 e. The van der Waals surface area contributed by atoms with Gasteiger partial charge in [-0.15, -0.1) is 0 Å². The molecule has 0 atom stereocenters. The SMILES string of the molecule is Cc1c(-c2ccccc2)c(=O)oc2cc(OC(=O)c3ccc(Br)cc3)ccc12. The summed E-state index contributed by atoms with van der Waals surface area (Å²) in [5.41, 5.74) is 2.55. The highest BCUT2D eigenvalue weighted by molar-refractivity contribution is 9.10. The normalized spacial score (nSPS) is 10.8. The van der Waals surface area contributed by atoms with Gasteiger partial charge in [-0.05, 0) is 54.4 Å². The lowest BCUT2D eigenvalue weighted by Gasteiger charge is -2.09. The van der Waals surface area contributed by atoms with Gasteiger partial charge in [0.25, 0.3) is 0 Å². The molecule has 4 nitrogen and oxygen atoms in total. The summed E-state index contributed by atoms with van der Waals surface area (Å²) in [4.78, 5) is 24.9. The molecule has 0 aliphatic heterocycles. The predicted octanol–water partition coefficient (Wildman–Crippen LogP) is 5.75. The monoisotopic (exact) mass is 434 g/mol. The van der Waals surface area contributed by atoms with Crippen molar-refractivity contribution >= 4 is 32.9 Å². The molecule has 0 saturated heterocycles. The van der Waals surface area contributed by atoms with Crippen molar-refractivity contribution in [2.45, 2.75) is 6.92 Å². The zero-order chi connectivity index (χ0) is 19.7. The fourth-order valence-corrected chi connectivity index (χ4v) is 3.35. The van der Waals surface area contributed by atoms with Crippen molar-refractivity contribution in [2.24, 2.45) is 0 Å². The topological polar surface area (TPSA) is 56.5 Å². The maximum atomic E-state index is 12.6. The van der Waals surface area contributed by atoms with Gasteiger partial charge >= 0.3 is 11.6 Å². The van der Waals surface area contributed by atoms with Crippen LogP contribution in [0.2, 0.25) is 0 Å². The van der Waals surface area contributed by atoms with E-state index in [1.807, 2.05) is 37.3 Å². The number of esters is 1. The number of carbonyl (C=O) groups excluding carboxylic acids is 1. The van der Waals surface area contributed by atoms with Gasteiger partial charge in [0.1, 0.15) is 11.3 Å². The van der Waals surface area contributed by atoms with Gasteiger partial charge in [0.15, 0.2) is 0 Å². The molecular formula is C23H15BrO4. The van der Waals surface area contributed by atoms with Crippen molar-refractivity contribution in [1.82, 2.24) is 0 Å². The van der Waals surface area contributed by atoms with Gasteiger partial charge in [-0.1, -0.05) is 46.3 Å². The van der Waals surface area contributed by atoms with Crippen molar-refractivity contribution in [3.05, 3.63) is 98.8 Å². The lowest BCUT2D eigenvalue weighted by atomic mass is 10.00.